The Morgan fingerprint density at radius 2 is 1.73 bits per heavy atom. The summed E-state index contributed by atoms with van der Waals surface area (Å²) in [6.07, 6.45) is 3.63. The van der Waals surface area contributed by atoms with Crippen molar-refractivity contribution in [2.24, 2.45) is 0 Å². The molecule has 2 aromatic rings. The Labute approximate surface area is 173 Å². The van der Waals surface area contributed by atoms with Crippen molar-refractivity contribution in [3.63, 3.8) is 0 Å². The number of allylic oxidation sites excluding steroid dienone is 2. The molecule has 0 bridgehead atoms. The third-order valence-electron chi connectivity index (χ3n) is 4.40. The highest BCUT2D eigenvalue weighted by molar-refractivity contribution is 7.93. The molecule has 1 aliphatic rings. The third kappa shape index (κ3) is 5.07. The number of rotatable bonds is 7. The van der Waals surface area contributed by atoms with Gasteiger partial charge < -0.3 is 4.90 Å². The summed E-state index contributed by atoms with van der Waals surface area (Å²) in [5, 5.41) is 0. The van der Waals surface area contributed by atoms with E-state index < -0.39 is 15.5 Å². The monoisotopic (exact) mass is 438 g/mol. The number of benzene rings is 2. The Kier molecular flexibility index (Phi) is 6.25. The highest BCUT2D eigenvalue weighted by Crippen LogP contribution is 2.27. The normalized spacial score (nSPS) is 14.1. The summed E-state index contributed by atoms with van der Waals surface area (Å²) in [7, 11) is -5.48. The standard InChI is InChI=1S/C20H21F3N4O2S/c1-2-27(14-15-7-4-3-5-8-15)19-12-11-18(24-25-19)16-9-6-10-17(13-16)26-30(28,29)20(21,22)23/h3-13,24-26H,2,14H2,1H3. The molecule has 0 unspecified atom stereocenters. The molecule has 1 heterocycles. The van der Waals surface area contributed by atoms with Crippen molar-refractivity contribution in [1.82, 2.24) is 15.8 Å². The molecule has 0 saturated carbocycles. The summed E-state index contributed by atoms with van der Waals surface area (Å²) in [4.78, 5) is 2.11. The zero-order valence-corrected chi connectivity index (χ0v) is 16.9. The third-order valence-corrected chi connectivity index (χ3v) is 5.52. The lowest BCUT2D eigenvalue weighted by molar-refractivity contribution is -0.0429. The predicted molar refractivity (Wildman–Crippen MR) is 110 cm³/mol. The molecule has 160 valence electrons. The van der Waals surface area contributed by atoms with Gasteiger partial charge in [-0.1, -0.05) is 42.5 Å². The lowest BCUT2D eigenvalue weighted by Crippen LogP contribution is -2.40. The predicted octanol–water partition coefficient (Wildman–Crippen LogP) is 3.76. The summed E-state index contributed by atoms with van der Waals surface area (Å²) in [5.41, 5.74) is 2.79. The molecular formula is C20H21F3N4O2S. The fourth-order valence-electron chi connectivity index (χ4n) is 2.86. The molecule has 0 aliphatic carbocycles. The fourth-order valence-corrected chi connectivity index (χ4v) is 3.42. The van der Waals surface area contributed by atoms with Crippen LogP contribution in [-0.4, -0.2) is 25.4 Å². The van der Waals surface area contributed by atoms with E-state index in [9.17, 15) is 21.6 Å². The Morgan fingerprint density at radius 3 is 2.33 bits per heavy atom. The second kappa shape index (κ2) is 8.70. The van der Waals surface area contributed by atoms with Gasteiger partial charge in [0.1, 0.15) is 5.82 Å². The lowest BCUT2D eigenvalue weighted by Gasteiger charge is -2.30. The van der Waals surface area contributed by atoms with Crippen molar-refractivity contribution in [2.75, 3.05) is 11.3 Å². The molecule has 0 atom stereocenters. The maximum absolute atomic E-state index is 12.6. The number of hydrazine groups is 1. The van der Waals surface area contributed by atoms with Gasteiger partial charge >= 0.3 is 15.5 Å². The van der Waals surface area contributed by atoms with E-state index in [1.54, 1.807) is 16.9 Å². The Bertz CT molecular complexity index is 1050. The minimum absolute atomic E-state index is 0.179. The maximum Gasteiger partial charge on any atom is 0.516 e. The number of halogens is 3. The van der Waals surface area contributed by atoms with E-state index in [1.807, 2.05) is 43.3 Å². The molecule has 30 heavy (non-hydrogen) atoms. The molecular weight excluding hydrogens is 417 g/mol. The average molecular weight is 438 g/mol. The topological polar surface area (TPSA) is 73.5 Å². The Hall–Kier alpha value is -3.14. The number of hydrogen-bond donors (Lipinski definition) is 3. The van der Waals surface area contributed by atoms with E-state index in [0.717, 1.165) is 17.9 Å². The molecule has 0 spiro atoms. The minimum Gasteiger partial charge on any atom is -0.353 e. The minimum atomic E-state index is -5.48. The van der Waals surface area contributed by atoms with Gasteiger partial charge in [0.05, 0.1) is 5.70 Å². The quantitative estimate of drug-likeness (QED) is 0.614. The highest BCUT2D eigenvalue weighted by atomic mass is 32.2. The fraction of sp³-hybridized carbons (Fsp3) is 0.200. The first kappa shape index (κ1) is 21.6. The molecule has 2 aromatic carbocycles. The van der Waals surface area contributed by atoms with Gasteiger partial charge in [0, 0.05) is 24.3 Å². The molecule has 10 heteroatoms. The highest BCUT2D eigenvalue weighted by Gasteiger charge is 2.46. The summed E-state index contributed by atoms with van der Waals surface area (Å²) in [6.45, 7) is 3.49. The van der Waals surface area contributed by atoms with Gasteiger partial charge in [-0.3, -0.25) is 15.6 Å². The van der Waals surface area contributed by atoms with Crippen LogP contribution in [0.5, 0.6) is 0 Å². The van der Waals surface area contributed by atoms with Crippen LogP contribution in [0.2, 0.25) is 0 Å². The van der Waals surface area contributed by atoms with Crippen molar-refractivity contribution < 1.29 is 21.6 Å². The van der Waals surface area contributed by atoms with E-state index in [4.69, 9.17) is 0 Å². The van der Waals surface area contributed by atoms with Crippen LogP contribution >= 0.6 is 0 Å². The molecule has 3 rings (SSSR count). The van der Waals surface area contributed by atoms with Crippen molar-refractivity contribution in [1.29, 1.82) is 0 Å². The largest absolute Gasteiger partial charge is 0.516 e. The first-order valence-electron chi connectivity index (χ1n) is 9.12. The number of hydrogen-bond acceptors (Lipinski definition) is 5. The lowest BCUT2D eigenvalue weighted by atomic mass is 10.1. The van der Waals surface area contributed by atoms with Crippen molar-refractivity contribution in [3.8, 4) is 0 Å². The van der Waals surface area contributed by atoms with Crippen LogP contribution in [0, 0.1) is 0 Å². The van der Waals surface area contributed by atoms with Crippen LogP contribution in [0.3, 0.4) is 0 Å². The average Bonchev–Trinajstić information content (AvgIpc) is 2.72. The summed E-state index contributed by atoms with van der Waals surface area (Å²) < 4.78 is 61.9. The molecule has 0 saturated heterocycles. The van der Waals surface area contributed by atoms with Crippen molar-refractivity contribution in [2.45, 2.75) is 19.0 Å². The number of anilines is 1. The number of alkyl halides is 3. The van der Waals surface area contributed by atoms with Gasteiger partial charge in [-0.15, -0.1) is 0 Å². The first-order valence-corrected chi connectivity index (χ1v) is 10.6. The summed E-state index contributed by atoms with van der Waals surface area (Å²) >= 11 is 0. The van der Waals surface area contributed by atoms with Crippen LogP contribution in [0.25, 0.3) is 5.70 Å². The molecule has 0 aromatic heterocycles. The zero-order valence-electron chi connectivity index (χ0n) is 16.1. The molecule has 1 aliphatic heterocycles. The smallest absolute Gasteiger partial charge is 0.353 e. The Balaban J connectivity index is 1.76. The van der Waals surface area contributed by atoms with Crippen LogP contribution in [0.1, 0.15) is 18.1 Å². The molecule has 6 nitrogen and oxygen atoms in total. The van der Waals surface area contributed by atoms with E-state index in [0.29, 0.717) is 17.8 Å². The zero-order chi connectivity index (χ0) is 21.8. The number of nitrogens with one attached hydrogen (secondary N) is 3. The number of nitrogens with zero attached hydrogens (tertiary/aromatic N) is 1. The second-order valence-electron chi connectivity index (χ2n) is 6.51. The second-order valence-corrected chi connectivity index (χ2v) is 8.19. The van der Waals surface area contributed by atoms with Crippen LogP contribution in [0.15, 0.2) is 72.6 Å². The molecule has 0 amide bonds. The number of sulfonamides is 1. The maximum atomic E-state index is 12.6. The van der Waals surface area contributed by atoms with Gasteiger partial charge in [-0.05, 0) is 36.8 Å². The van der Waals surface area contributed by atoms with Gasteiger partial charge in [0.15, 0.2) is 0 Å². The van der Waals surface area contributed by atoms with Crippen molar-refractivity contribution in [3.05, 3.63) is 83.7 Å². The molecule has 3 N–H and O–H groups in total. The van der Waals surface area contributed by atoms with Gasteiger partial charge in [0.2, 0.25) is 0 Å². The van der Waals surface area contributed by atoms with E-state index in [-0.39, 0.29) is 5.69 Å². The Morgan fingerprint density at radius 1 is 1.00 bits per heavy atom. The van der Waals surface area contributed by atoms with Gasteiger partial charge in [-0.25, -0.2) is 0 Å². The van der Waals surface area contributed by atoms with Crippen LogP contribution in [0.4, 0.5) is 18.9 Å². The SMILES string of the molecule is CCN(Cc1ccccc1)C1=CC=C(c2cccc(NS(=O)(=O)C(F)(F)F)c2)NN1. The van der Waals surface area contributed by atoms with Crippen molar-refractivity contribution >= 4 is 21.4 Å². The summed E-state index contributed by atoms with van der Waals surface area (Å²) in [6, 6.07) is 15.7. The van der Waals surface area contributed by atoms with Crippen LogP contribution in [-0.2, 0) is 16.6 Å². The van der Waals surface area contributed by atoms with Crippen LogP contribution < -0.4 is 15.6 Å². The van der Waals surface area contributed by atoms with Gasteiger partial charge in [0.25, 0.3) is 0 Å². The van der Waals surface area contributed by atoms with E-state index >= 15 is 0 Å². The van der Waals surface area contributed by atoms with E-state index in [1.165, 1.54) is 18.2 Å². The molecule has 0 radical (unpaired) electrons. The summed E-state index contributed by atoms with van der Waals surface area (Å²) in [5.74, 6) is 0.832. The first-order chi connectivity index (χ1) is 14.2. The van der Waals surface area contributed by atoms with E-state index in [2.05, 4.69) is 15.8 Å². The van der Waals surface area contributed by atoms with Gasteiger partial charge in [-0.2, -0.15) is 21.6 Å². The molecule has 0 fully saturated rings.